The molecule has 1 aromatic carbocycles. The van der Waals surface area contributed by atoms with Crippen molar-refractivity contribution in [3.05, 3.63) is 52.3 Å². The van der Waals surface area contributed by atoms with Crippen LogP contribution in [0.1, 0.15) is 17.8 Å². The second kappa shape index (κ2) is 4.10. The highest BCUT2D eigenvalue weighted by atomic mass is 16.5. The van der Waals surface area contributed by atoms with E-state index >= 15 is 0 Å². The molecule has 0 amide bonds. The normalized spacial score (nSPS) is 26.2. The molecule has 0 bridgehead atoms. The third-order valence-electron chi connectivity index (χ3n) is 3.83. The smallest absolute Gasteiger partial charge is 0.329 e. The predicted molar refractivity (Wildman–Crippen MR) is 66.1 cm³/mol. The second-order valence-electron chi connectivity index (χ2n) is 4.89. The van der Waals surface area contributed by atoms with Crippen molar-refractivity contribution in [1.82, 2.24) is 10.1 Å². The minimum absolute atomic E-state index is 0.206. The van der Waals surface area contributed by atoms with Gasteiger partial charge in [-0.3, -0.25) is 9.51 Å². The lowest BCUT2D eigenvalue weighted by molar-refractivity contribution is 0.373. The first-order valence-corrected chi connectivity index (χ1v) is 6.05. The zero-order valence-corrected chi connectivity index (χ0v) is 9.93. The van der Waals surface area contributed by atoms with Crippen molar-refractivity contribution >= 4 is 0 Å². The van der Waals surface area contributed by atoms with Gasteiger partial charge in [-0.25, -0.2) is 4.79 Å². The summed E-state index contributed by atoms with van der Waals surface area (Å²) in [7, 11) is 0. The molecule has 0 aliphatic heterocycles. The van der Waals surface area contributed by atoms with Gasteiger partial charge in [-0.05, 0) is 24.3 Å². The standard InChI is InChI=1S/C13H15N3O2/c14-8-13(11-15-12(17)18-16-11)7-10(13)6-9-4-2-1-3-5-9/h1-5,10H,6-8,14H2,(H,15,16,17). The zero-order valence-electron chi connectivity index (χ0n) is 9.93. The first-order chi connectivity index (χ1) is 8.74. The van der Waals surface area contributed by atoms with Crippen molar-refractivity contribution in [3.63, 3.8) is 0 Å². The first-order valence-electron chi connectivity index (χ1n) is 6.05. The quantitative estimate of drug-likeness (QED) is 0.835. The summed E-state index contributed by atoms with van der Waals surface area (Å²) >= 11 is 0. The van der Waals surface area contributed by atoms with Crippen molar-refractivity contribution in [3.8, 4) is 0 Å². The number of rotatable bonds is 4. The topological polar surface area (TPSA) is 84.9 Å². The van der Waals surface area contributed by atoms with Gasteiger partial charge in [-0.15, -0.1) is 0 Å². The molecule has 2 atom stereocenters. The fourth-order valence-electron chi connectivity index (χ4n) is 2.63. The Morgan fingerprint density at radius 2 is 2.22 bits per heavy atom. The van der Waals surface area contributed by atoms with E-state index in [1.54, 1.807) is 0 Å². The second-order valence-corrected chi connectivity index (χ2v) is 4.89. The fourth-order valence-corrected chi connectivity index (χ4v) is 2.63. The minimum atomic E-state index is -0.511. The maximum absolute atomic E-state index is 11.0. The predicted octanol–water partition coefficient (Wildman–Crippen LogP) is 0.822. The van der Waals surface area contributed by atoms with E-state index in [4.69, 9.17) is 5.73 Å². The van der Waals surface area contributed by atoms with Crippen LogP contribution in [0.2, 0.25) is 0 Å². The number of aromatic amines is 1. The van der Waals surface area contributed by atoms with Gasteiger partial charge in [0, 0.05) is 12.0 Å². The first kappa shape index (κ1) is 11.2. The number of nitrogens with two attached hydrogens (primary N) is 1. The van der Waals surface area contributed by atoms with E-state index < -0.39 is 5.76 Å². The molecule has 18 heavy (non-hydrogen) atoms. The van der Waals surface area contributed by atoms with E-state index in [1.165, 1.54) is 5.56 Å². The largest absolute Gasteiger partial charge is 0.438 e. The van der Waals surface area contributed by atoms with Crippen LogP contribution in [0, 0.1) is 5.92 Å². The van der Waals surface area contributed by atoms with E-state index in [0.717, 1.165) is 12.8 Å². The molecule has 2 unspecified atom stereocenters. The molecule has 3 rings (SSSR count). The number of benzene rings is 1. The Morgan fingerprint density at radius 3 is 2.83 bits per heavy atom. The molecule has 1 aromatic heterocycles. The Morgan fingerprint density at radius 1 is 1.44 bits per heavy atom. The summed E-state index contributed by atoms with van der Waals surface area (Å²) in [4.78, 5) is 13.7. The summed E-state index contributed by atoms with van der Waals surface area (Å²) < 4.78 is 4.57. The van der Waals surface area contributed by atoms with Crippen LogP contribution >= 0.6 is 0 Å². The Kier molecular flexibility index (Phi) is 2.56. The van der Waals surface area contributed by atoms with Crippen LogP contribution < -0.4 is 11.5 Å². The van der Waals surface area contributed by atoms with Gasteiger partial charge in [-0.2, -0.15) is 0 Å². The van der Waals surface area contributed by atoms with Crippen LogP contribution in [0.5, 0.6) is 0 Å². The zero-order chi connectivity index (χ0) is 12.6. The highest BCUT2D eigenvalue weighted by Gasteiger charge is 2.56. The number of hydrogen-bond donors (Lipinski definition) is 2. The number of H-pyrrole nitrogens is 1. The van der Waals surface area contributed by atoms with Gasteiger partial charge >= 0.3 is 5.76 Å². The Bertz CT molecular complexity index is 590. The van der Waals surface area contributed by atoms with E-state index in [0.29, 0.717) is 18.3 Å². The SMILES string of the molecule is NCC1(c2noc(=O)[nH]2)CC1Cc1ccccc1. The third-order valence-corrected chi connectivity index (χ3v) is 3.83. The maximum Gasteiger partial charge on any atom is 0.438 e. The van der Waals surface area contributed by atoms with Crippen molar-refractivity contribution in [1.29, 1.82) is 0 Å². The van der Waals surface area contributed by atoms with Crippen LogP contribution in [-0.2, 0) is 11.8 Å². The summed E-state index contributed by atoms with van der Waals surface area (Å²) in [5.41, 5.74) is 6.93. The Hall–Kier alpha value is -1.88. The van der Waals surface area contributed by atoms with E-state index in [9.17, 15) is 4.79 Å². The van der Waals surface area contributed by atoms with Gasteiger partial charge in [0.25, 0.3) is 0 Å². The van der Waals surface area contributed by atoms with Crippen molar-refractivity contribution in [2.45, 2.75) is 18.3 Å². The molecule has 0 radical (unpaired) electrons. The van der Waals surface area contributed by atoms with Gasteiger partial charge in [0.05, 0.1) is 0 Å². The van der Waals surface area contributed by atoms with E-state index in [1.807, 2.05) is 18.2 Å². The maximum atomic E-state index is 11.0. The molecule has 5 nitrogen and oxygen atoms in total. The number of aromatic nitrogens is 2. The Labute approximate surface area is 104 Å². The highest BCUT2D eigenvalue weighted by Crippen LogP contribution is 2.53. The molecule has 1 heterocycles. The summed E-state index contributed by atoms with van der Waals surface area (Å²) in [6, 6.07) is 10.3. The Balaban J connectivity index is 1.80. The van der Waals surface area contributed by atoms with Crippen molar-refractivity contribution in [2.24, 2.45) is 11.7 Å². The molecule has 0 spiro atoms. The molecule has 0 saturated heterocycles. The number of nitrogens with zero attached hydrogens (tertiary/aromatic N) is 1. The molecule has 5 heteroatoms. The van der Waals surface area contributed by atoms with E-state index in [-0.39, 0.29) is 5.41 Å². The van der Waals surface area contributed by atoms with Crippen molar-refractivity contribution < 1.29 is 4.52 Å². The summed E-state index contributed by atoms with van der Waals surface area (Å²) in [5, 5.41) is 3.79. The average Bonchev–Trinajstić information content (AvgIpc) is 2.92. The summed E-state index contributed by atoms with van der Waals surface area (Å²) in [6.07, 6.45) is 1.90. The number of hydrogen-bond acceptors (Lipinski definition) is 4. The summed E-state index contributed by atoms with van der Waals surface area (Å²) in [5.74, 6) is 0.504. The molecule has 2 aromatic rings. The molecule has 1 fully saturated rings. The molecule has 1 aliphatic rings. The van der Waals surface area contributed by atoms with Gasteiger partial charge in [0.2, 0.25) is 0 Å². The molecular weight excluding hydrogens is 230 g/mol. The summed E-state index contributed by atoms with van der Waals surface area (Å²) in [6.45, 7) is 0.479. The monoisotopic (exact) mass is 245 g/mol. The van der Waals surface area contributed by atoms with Gasteiger partial charge in [-0.1, -0.05) is 35.5 Å². The molecule has 1 saturated carbocycles. The van der Waals surface area contributed by atoms with Crippen LogP contribution in [0.4, 0.5) is 0 Å². The van der Waals surface area contributed by atoms with E-state index in [2.05, 4.69) is 26.8 Å². The van der Waals surface area contributed by atoms with Crippen LogP contribution in [0.15, 0.2) is 39.6 Å². The average molecular weight is 245 g/mol. The van der Waals surface area contributed by atoms with Gasteiger partial charge in [0.15, 0.2) is 5.82 Å². The molecular formula is C13H15N3O2. The van der Waals surface area contributed by atoms with Crippen LogP contribution in [-0.4, -0.2) is 16.7 Å². The van der Waals surface area contributed by atoms with Crippen molar-refractivity contribution in [2.75, 3.05) is 6.54 Å². The van der Waals surface area contributed by atoms with Crippen LogP contribution in [0.25, 0.3) is 0 Å². The minimum Gasteiger partial charge on any atom is -0.329 e. The molecule has 3 N–H and O–H groups in total. The lowest BCUT2D eigenvalue weighted by Crippen LogP contribution is -2.25. The third kappa shape index (κ3) is 1.76. The highest BCUT2D eigenvalue weighted by molar-refractivity contribution is 5.26. The van der Waals surface area contributed by atoms with Gasteiger partial charge < -0.3 is 5.73 Å². The van der Waals surface area contributed by atoms with Gasteiger partial charge in [0.1, 0.15) is 0 Å². The molecule has 94 valence electrons. The lowest BCUT2D eigenvalue weighted by Gasteiger charge is -2.10. The number of nitrogens with one attached hydrogen (secondary N) is 1. The fraction of sp³-hybridized carbons (Fsp3) is 0.385. The lowest BCUT2D eigenvalue weighted by atomic mass is 9.98. The van der Waals surface area contributed by atoms with Crippen LogP contribution in [0.3, 0.4) is 0 Å². The molecule has 1 aliphatic carbocycles.